The van der Waals surface area contributed by atoms with Crippen LogP contribution in [0.15, 0.2) is 30.3 Å². The molecule has 0 saturated carbocycles. The fourth-order valence-corrected chi connectivity index (χ4v) is 2.26. The third kappa shape index (κ3) is 3.95. The summed E-state index contributed by atoms with van der Waals surface area (Å²) in [5.41, 5.74) is 6.06. The van der Waals surface area contributed by atoms with Crippen LogP contribution in [-0.2, 0) is 4.79 Å². The van der Waals surface area contributed by atoms with Crippen LogP contribution in [0, 0.1) is 0 Å². The Labute approximate surface area is 125 Å². The normalized spacial score (nSPS) is 15.2. The summed E-state index contributed by atoms with van der Waals surface area (Å²) in [6.45, 7) is 2.53. The van der Waals surface area contributed by atoms with Crippen LogP contribution in [-0.4, -0.2) is 54.3 Å². The van der Waals surface area contributed by atoms with E-state index < -0.39 is 0 Å². The van der Waals surface area contributed by atoms with Crippen molar-refractivity contribution >= 4 is 24.2 Å². The van der Waals surface area contributed by atoms with Gasteiger partial charge >= 0.3 is 0 Å². The van der Waals surface area contributed by atoms with Crippen LogP contribution in [0.2, 0.25) is 0 Å². The average molecular weight is 298 g/mol. The first-order valence-electron chi connectivity index (χ1n) is 6.54. The quantitative estimate of drug-likeness (QED) is 0.875. The maximum atomic E-state index is 12.3. The standard InChI is InChI=1S/C14H19N3O2.ClH/c15-11-13(18)16-7-4-8-17(10-9-16)14(19)12-5-2-1-3-6-12;/h1-3,5-6H,4,7-11,15H2;1H. The first-order chi connectivity index (χ1) is 9.22. The Morgan fingerprint density at radius 1 is 1.00 bits per heavy atom. The van der Waals surface area contributed by atoms with Gasteiger partial charge in [0.15, 0.2) is 0 Å². The molecule has 0 spiro atoms. The fourth-order valence-electron chi connectivity index (χ4n) is 2.26. The highest BCUT2D eigenvalue weighted by atomic mass is 35.5. The lowest BCUT2D eigenvalue weighted by atomic mass is 10.2. The highest BCUT2D eigenvalue weighted by Gasteiger charge is 2.21. The molecular formula is C14H20ClN3O2. The molecule has 1 saturated heterocycles. The zero-order valence-electron chi connectivity index (χ0n) is 11.3. The van der Waals surface area contributed by atoms with E-state index in [1.165, 1.54) is 0 Å². The molecule has 1 aromatic carbocycles. The van der Waals surface area contributed by atoms with Gasteiger partial charge in [-0.2, -0.15) is 0 Å². The van der Waals surface area contributed by atoms with E-state index in [2.05, 4.69) is 0 Å². The number of carbonyl (C=O) groups excluding carboxylic acids is 2. The van der Waals surface area contributed by atoms with Crippen molar-refractivity contribution in [2.45, 2.75) is 6.42 Å². The molecule has 0 unspecified atom stereocenters. The van der Waals surface area contributed by atoms with E-state index >= 15 is 0 Å². The number of amides is 2. The van der Waals surface area contributed by atoms with Gasteiger partial charge in [0.05, 0.1) is 6.54 Å². The highest BCUT2D eigenvalue weighted by Crippen LogP contribution is 2.09. The molecule has 0 atom stereocenters. The van der Waals surface area contributed by atoms with Gasteiger partial charge in [-0.3, -0.25) is 9.59 Å². The molecule has 5 nitrogen and oxygen atoms in total. The smallest absolute Gasteiger partial charge is 0.253 e. The second-order valence-electron chi connectivity index (χ2n) is 4.60. The zero-order chi connectivity index (χ0) is 13.7. The molecule has 2 amide bonds. The lowest BCUT2D eigenvalue weighted by Gasteiger charge is -2.21. The maximum Gasteiger partial charge on any atom is 0.253 e. The van der Waals surface area contributed by atoms with E-state index in [0.29, 0.717) is 31.7 Å². The van der Waals surface area contributed by atoms with Gasteiger partial charge in [-0.15, -0.1) is 12.4 Å². The number of hydrogen-bond acceptors (Lipinski definition) is 3. The zero-order valence-corrected chi connectivity index (χ0v) is 12.1. The molecule has 20 heavy (non-hydrogen) atoms. The van der Waals surface area contributed by atoms with Gasteiger partial charge in [-0.25, -0.2) is 0 Å². The Balaban J connectivity index is 0.00000200. The van der Waals surface area contributed by atoms with Crippen LogP contribution >= 0.6 is 12.4 Å². The van der Waals surface area contributed by atoms with Crippen molar-refractivity contribution in [2.75, 3.05) is 32.7 Å². The lowest BCUT2D eigenvalue weighted by molar-refractivity contribution is -0.129. The summed E-state index contributed by atoms with van der Waals surface area (Å²) < 4.78 is 0. The van der Waals surface area contributed by atoms with Crippen molar-refractivity contribution in [1.82, 2.24) is 9.80 Å². The highest BCUT2D eigenvalue weighted by molar-refractivity contribution is 5.94. The van der Waals surface area contributed by atoms with E-state index in [9.17, 15) is 9.59 Å². The van der Waals surface area contributed by atoms with Gasteiger partial charge in [-0.05, 0) is 18.6 Å². The number of rotatable bonds is 2. The third-order valence-electron chi connectivity index (χ3n) is 3.33. The van der Waals surface area contributed by atoms with E-state index in [4.69, 9.17) is 5.73 Å². The molecule has 110 valence electrons. The summed E-state index contributed by atoms with van der Waals surface area (Å²) in [4.78, 5) is 27.4. The molecule has 1 aromatic rings. The number of halogens is 1. The summed E-state index contributed by atoms with van der Waals surface area (Å²) in [5.74, 6) is -0.0170. The van der Waals surface area contributed by atoms with Gasteiger partial charge in [-0.1, -0.05) is 18.2 Å². The Kier molecular flexibility index (Phi) is 6.48. The summed E-state index contributed by atoms with van der Waals surface area (Å²) in [5, 5.41) is 0. The Bertz CT molecular complexity index is 453. The molecule has 0 aliphatic carbocycles. The minimum Gasteiger partial charge on any atom is -0.340 e. The molecule has 2 N–H and O–H groups in total. The van der Waals surface area contributed by atoms with Crippen LogP contribution in [0.3, 0.4) is 0 Å². The number of carbonyl (C=O) groups is 2. The van der Waals surface area contributed by atoms with Gasteiger partial charge in [0.25, 0.3) is 5.91 Å². The Morgan fingerprint density at radius 3 is 2.25 bits per heavy atom. The van der Waals surface area contributed by atoms with Crippen LogP contribution < -0.4 is 5.73 Å². The molecule has 6 heteroatoms. The van der Waals surface area contributed by atoms with E-state index in [1.54, 1.807) is 9.80 Å². The van der Waals surface area contributed by atoms with Crippen molar-refractivity contribution in [3.8, 4) is 0 Å². The van der Waals surface area contributed by atoms with Gasteiger partial charge in [0.1, 0.15) is 0 Å². The van der Waals surface area contributed by atoms with Crippen molar-refractivity contribution < 1.29 is 9.59 Å². The molecule has 0 radical (unpaired) electrons. The molecule has 0 bridgehead atoms. The van der Waals surface area contributed by atoms with Gasteiger partial charge in [0.2, 0.25) is 5.91 Å². The molecule has 1 aliphatic heterocycles. The predicted octanol–water partition coefficient (Wildman–Crippen LogP) is 0.742. The Morgan fingerprint density at radius 2 is 1.60 bits per heavy atom. The minimum atomic E-state index is -0.0472. The summed E-state index contributed by atoms with van der Waals surface area (Å²) in [6.07, 6.45) is 0.796. The van der Waals surface area contributed by atoms with Gasteiger partial charge < -0.3 is 15.5 Å². The Hall–Kier alpha value is -1.59. The SMILES string of the molecule is Cl.NCC(=O)N1CCCN(C(=O)c2ccccc2)CC1. The summed E-state index contributed by atoms with van der Waals surface area (Å²) in [7, 11) is 0. The molecule has 1 heterocycles. The number of nitrogens with zero attached hydrogens (tertiary/aromatic N) is 2. The van der Waals surface area contributed by atoms with Crippen molar-refractivity contribution in [3.05, 3.63) is 35.9 Å². The predicted molar refractivity (Wildman–Crippen MR) is 79.8 cm³/mol. The molecule has 1 aliphatic rings. The van der Waals surface area contributed by atoms with E-state index in [-0.39, 0.29) is 30.8 Å². The van der Waals surface area contributed by atoms with E-state index in [0.717, 1.165) is 6.42 Å². The lowest BCUT2D eigenvalue weighted by Crippen LogP contribution is -2.39. The summed E-state index contributed by atoms with van der Waals surface area (Å²) in [6, 6.07) is 9.23. The van der Waals surface area contributed by atoms with Crippen LogP contribution in [0.1, 0.15) is 16.8 Å². The first kappa shape index (κ1) is 16.5. The first-order valence-corrected chi connectivity index (χ1v) is 6.54. The van der Waals surface area contributed by atoms with Crippen LogP contribution in [0.4, 0.5) is 0 Å². The minimum absolute atomic E-state index is 0. The summed E-state index contributed by atoms with van der Waals surface area (Å²) >= 11 is 0. The monoisotopic (exact) mass is 297 g/mol. The number of benzene rings is 1. The van der Waals surface area contributed by atoms with E-state index in [1.807, 2.05) is 30.3 Å². The second-order valence-corrected chi connectivity index (χ2v) is 4.60. The second kappa shape index (κ2) is 7.87. The number of nitrogens with two attached hydrogens (primary N) is 1. The van der Waals surface area contributed by atoms with Crippen LogP contribution in [0.5, 0.6) is 0 Å². The fraction of sp³-hybridized carbons (Fsp3) is 0.429. The van der Waals surface area contributed by atoms with Crippen molar-refractivity contribution in [1.29, 1.82) is 0 Å². The van der Waals surface area contributed by atoms with Crippen molar-refractivity contribution in [2.24, 2.45) is 5.73 Å². The molecule has 0 aromatic heterocycles. The largest absolute Gasteiger partial charge is 0.340 e. The van der Waals surface area contributed by atoms with Crippen molar-refractivity contribution in [3.63, 3.8) is 0 Å². The molecule has 2 rings (SSSR count). The van der Waals surface area contributed by atoms with Crippen LogP contribution in [0.25, 0.3) is 0 Å². The third-order valence-corrected chi connectivity index (χ3v) is 3.33. The topological polar surface area (TPSA) is 66.6 Å². The van der Waals surface area contributed by atoms with Gasteiger partial charge in [0, 0.05) is 31.7 Å². The molecular weight excluding hydrogens is 278 g/mol. The molecule has 1 fully saturated rings. The average Bonchev–Trinajstić information content (AvgIpc) is 2.72. The number of hydrogen-bond donors (Lipinski definition) is 1. The maximum absolute atomic E-state index is 12.3.